The molecule has 0 spiro atoms. The Balaban J connectivity index is 1.89. The van der Waals surface area contributed by atoms with Crippen molar-refractivity contribution in [1.82, 2.24) is 10.6 Å². The van der Waals surface area contributed by atoms with Gasteiger partial charge >= 0.3 is 0 Å². The smallest absolute Gasteiger partial charge is 0.243 e. The number of hydrogen-bond acceptors (Lipinski definition) is 3. The predicted molar refractivity (Wildman–Crippen MR) is 106 cm³/mol. The Kier molecular flexibility index (Phi) is 7.15. The lowest BCUT2D eigenvalue weighted by Gasteiger charge is -2.30. The van der Waals surface area contributed by atoms with Crippen LogP contribution in [0.3, 0.4) is 0 Å². The van der Waals surface area contributed by atoms with Crippen LogP contribution < -0.4 is 15.4 Å². The summed E-state index contributed by atoms with van der Waals surface area (Å²) in [4.78, 5) is 23.8. The highest BCUT2D eigenvalue weighted by molar-refractivity contribution is 5.87. The van der Waals surface area contributed by atoms with E-state index in [0.29, 0.717) is 12.3 Å². The molecule has 150 valence electrons. The molecular weight excluding hydrogens is 359 g/mol. The summed E-state index contributed by atoms with van der Waals surface area (Å²) >= 11 is 0. The summed E-state index contributed by atoms with van der Waals surface area (Å²) in [5.74, 6) is -0.103. The number of rotatable bonds is 7. The molecule has 28 heavy (non-hydrogen) atoms. The molecule has 0 saturated heterocycles. The van der Waals surface area contributed by atoms with Crippen molar-refractivity contribution in [2.75, 3.05) is 0 Å². The second kappa shape index (κ2) is 9.35. The molecule has 2 rings (SSSR count). The van der Waals surface area contributed by atoms with Crippen LogP contribution >= 0.6 is 0 Å². The maximum Gasteiger partial charge on any atom is 0.243 e. The molecule has 0 saturated carbocycles. The third-order valence-corrected chi connectivity index (χ3v) is 4.16. The first-order chi connectivity index (χ1) is 13.1. The molecular formula is C22H27FN2O3. The zero-order valence-electron chi connectivity index (χ0n) is 16.7. The first-order valence-corrected chi connectivity index (χ1v) is 9.16. The molecule has 0 bridgehead atoms. The fourth-order valence-corrected chi connectivity index (χ4v) is 2.67. The maximum absolute atomic E-state index is 13.2. The SMILES string of the molecule is CC(=O)N[C@@H](C(=O)NCc1ccc(OCc2cccc(F)c2)cc1)C(C)(C)C. The van der Waals surface area contributed by atoms with E-state index in [-0.39, 0.29) is 24.2 Å². The van der Waals surface area contributed by atoms with Gasteiger partial charge in [0.15, 0.2) is 0 Å². The average Bonchev–Trinajstić information content (AvgIpc) is 2.62. The standard InChI is InChI=1S/C22H27FN2O3/c1-15(26)25-20(22(2,3)4)21(27)24-13-16-8-10-19(11-9-16)28-14-17-6-5-7-18(23)12-17/h5-12,20H,13-14H2,1-4H3,(H,24,27)(H,25,26)/t20-/m0/s1. The van der Waals surface area contributed by atoms with Crippen LogP contribution in [0.4, 0.5) is 4.39 Å². The monoisotopic (exact) mass is 386 g/mol. The van der Waals surface area contributed by atoms with Crippen molar-refractivity contribution in [3.05, 3.63) is 65.5 Å². The fraction of sp³-hybridized carbons (Fsp3) is 0.364. The van der Waals surface area contributed by atoms with Crippen molar-refractivity contribution in [3.63, 3.8) is 0 Å². The second-order valence-electron chi connectivity index (χ2n) is 7.78. The molecule has 2 amide bonds. The van der Waals surface area contributed by atoms with E-state index in [1.807, 2.05) is 32.9 Å². The number of carbonyl (C=O) groups excluding carboxylic acids is 2. The highest BCUT2D eigenvalue weighted by Crippen LogP contribution is 2.20. The minimum Gasteiger partial charge on any atom is -0.489 e. The van der Waals surface area contributed by atoms with Crippen LogP contribution in [0, 0.1) is 11.2 Å². The minimum atomic E-state index is -0.612. The second-order valence-corrected chi connectivity index (χ2v) is 7.78. The summed E-state index contributed by atoms with van der Waals surface area (Å²) in [5.41, 5.74) is 1.26. The zero-order chi connectivity index (χ0) is 20.7. The Bertz CT molecular complexity index is 813. The van der Waals surface area contributed by atoms with Gasteiger partial charge in [-0.1, -0.05) is 45.0 Å². The lowest BCUT2D eigenvalue weighted by Crippen LogP contribution is -2.52. The average molecular weight is 386 g/mol. The van der Waals surface area contributed by atoms with Crippen LogP contribution in [0.5, 0.6) is 5.75 Å². The number of halogens is 1. The van der Waals surface area contributed by atoms with E-state index in [2.05, 4.69) is 10.6 Å². The topological polar surface area (TPSA) is 67.4 Å². The predicted octanol–water partition coefficient (Wildman–Crippen LogP) is 3.57. The summed E-state index contributed by atoms with van der Waals surface area (Å²) in [6.07, 6.45) is 0. The number of ether oxygens (including phenoxy) is 1. The summed E-state index contributed by atoms with van der Waals surface area (Å²) in [6.45, 7) is 7.72. The Morgan fingerprint density at radius 2 is 1.75 bits per heavy atom. The van der Waals surface area contributed by atoms with Crippen molar-refractivity contribution in [3.8, 4) is 5.75 Å². The van der Waals surface area contributed by atoms with Crippen molar-refractivity contribution in [1.29, 1.82) is 0 Å². The normalized spacial score (nSPS) is 12.2. The highest BCUT2D eigenvalue weighted by Gasteiger charge is 2.31. The molecule has 0 heterocycles. The molecule has 5 nitrogen and oxygen atoms in total. The van der Waals surface area contributed by atoms with Gasteiger partial charge in [-0.05, 0) is 40.8 Å². The van der Waals surface area contributed by atoms with Gasteiger partial charge in [-0.25, -0.2) is 4.39 Å². The lowest BCUT2D eigenvalue weighted by atomic mass is 9.86. The van der Waals surface area contributed by atoms with Crippen molar-refractivity contribution in [2.45, 2.75) is 46.9 Å². The van der Waals surface area contributed by atoms with Gasteiger partial charge in [-0.3, -0.25) is 9.59 Å². The van der Waals surface area contributed by atoms with Crippen LogP contribution in [0.25, 0.3) is 0 Å². The van der Waals surface area contributed by atoms with Gasteiger partial charge in [-0.15, -0.1) is 0 Å². The molecule has 0 aliphatic rings. The molecule has 2 N–H and O–H groups in total. The molecule has 1 atom stereocenters. The third kappa shape index (κ3) is 6.68. The lowest BCUT2D eigenvalue weighted by molar-refractivity contribution is -0.130. The molecule has 0 aliphatic carbocycles. The van der Waals surface area contributed by atoms with Gasteiger partial charge in [0.1, 0.15) is 24.2 Å². The molecule has 6 heteroatoms. The van der Waals surface area contributed by atoms with Gasteiger partial charge < -0.3 is 15.4 Å². The third-order valence-electron chi connectivity index (χ3n) is 4.16. The van der Waals surface area contributed by atoms with Gasteiger partial charge in [-0.2, -0.15) is 0 Å². The van der Waals surface area contributed by atoms with Gasteiger partial charge in [0.2, 0.25) is 11.8 Å². The molecule has 2 aromatic rings. The summed E-state index contributed by atoms with van der Waals surface area (Å²) in [7, 11) is 0. The minimum absolute atomic E-state index is 0.228. The van der Waals surface area contributed by atoms with Gasteiger partial charge in [0.05, 0.1) is 0 Å². The van der Waals surface area contributed by atoms with E-state index in [9.17, 15) is 14.0 Å². The quantitative estimate of drug-likeness (QED) is 0.764. The van der Waals surface area contributed by atoms with E-state index in [1.54, 1.807) is 24.3 Å². The van der Waals surface area contributed by atoms with Gasteiger partial charge in [0.25, 0.3) is 0 Å². The molecule has 2 aromatic carbocycles. The first kappa shape index (κ1) is 21.4. The van der Waals surface area contributed by atoms with E-state index in [0.717, 1.165) is 11.1 Å². The molecule has 0 aromatic heterocycles. The van der Waals surface area contributed by atoms with E-state index in [4.69, 9.17) is 4.74 Å². The Morgan fingerprint density at radius 1 is 1.07 bits per heavy atom. The van der Waals surface area contributed by atoms with Crippen LogP contribution in [0.1, 0.15) is 38.8 Å². The first-order valence-electron chi connectivity index (χ1n) is 9.16. The van der Waals surface area contributed by atoms with Crippen molar-refractivity contribution < 1.29 is 18.7 Å². The molecule has 0 unspecified atom stereocenters. The van der Waals surface area contributed by atoms with Crippen molar-refractivity contribution in [2.24, 2.45) is 5.41 Å². The molecule has 0 fully saturated rings. The van der Waals surface area contributed by atoms with Gasteiger partial charge in [0, 0.05) is 13.5 Å². The van der Waals surface area contributed by atoms with E-state index < -0.39 is 11.5 Å². The van der Waals surface area contributed by atoms with Crippen LogP contribution in [0.2, 0.25) is 0 Å². The largest absolute Gasteiger partial charge is 0.489 e. The number of hydrogen-bond donors (Lipinski definition) is 2. The Morgan fingerprint density at radius 3 is 2.32 bits per heavy atom. The number of nitrogens with one attached hydrogen (secondary N) is 2. The van der Waals surface area contributed by atoms with Crippen molar-refractivity contribution >= 4 is 11.8 Å². The number of carbonyl (C=O) groups is 2. The summed E-state index contributed by atoms with van der Waals surface area (Å²) in [6, 6.07) is 13.0. The van der Waals surface area contributed by atoms with E-state index >= 15 is 0 Å². The maximum atomic E-state index is 13.2. The number of amides is 2. The molecule has 0 radical (unpaired) electrons. The van der Waals surface area contributed by atoms with Crippen LogP contribution in [-0.4, -0.2) is 17.9 Å². The molecule has 0 aliphatic heterocycles. The highest BCUT2D eigenvalue weighted by atomic mass is 19.1. The number of benzene rings is 2. The summed E-state index contributed by atoms with van der Waals surface area (Å²) < 4.78 is 18.8. The van der Waals surface area contributed by atoms with Crippen LogP contribution in [-0.2, 0) is 22.7 Å². The Hall–Kier alpha value is -2.89. The Labute approximate surface area is 165 Å². The van der Waals surface area contributed by atoms with E-state index in [1.165, 1.54) is 19.1 Å². The fourth-order valence-electron chi connectivity index (χ4n) is 2.67. The van der Waals surface area contributed by atoms with Crippen LogP contribution in [0.15, 0.2) is 48.5 Å². The summed E-state index contributed by atoms with van der Waals surface area (Å²) in [5, 5.41) is 5.56. The zero-order valence-corrected chi connectivity index (χ0v) is 16.7.